The fourth-order valence-electron chi connectivity index (χ4n) is 3.18. The molecule has 156 valence electrons. The van der Waals surface area contributed by atoms with Crippen LogP contribution in [0.3, 0.4) is 0 Å². The Hall–Kier alpha value is -4.16. The molecule has 6 nitrogen and oxygen atoms in total. The zero-order chi connectivity index (χ0) is 21.9. The highest BCUT2D eigenvalue weighted by atomic mass is 35.5. The molecule has 0 spiro atoms. The number of furan rings is 1. The van der Waals surface area contributed by atoms with E-state index in [1.807, 2.05) is 36.4 Å². The summed E-state index contributed by atoms with van der Waals surface area (Å²) in [5.74, 6) is 1.42. The number of aromatic nitrogens is 2. The van der Waals surface area contributed by atoms with Crippen LogP contribution < -0.4 is 5.32 Å². The van der Waals surface area contributed by atoms with Gasteiger partial charge in [0.25, 0.3) is 0 Å². The number of rotatable bonds is 5. The molecule has 1 N–H and O–H groups in total. The van der Waals surface area contributed by atoms with Gasteiger partial charge in [0, 0.05) is 34.1 Å². The number of nitrogens with one attached hydrogen (secondary N) is 1. The number of amides is 1. The van der Waals surface area contributed by atoms with E-state index in [0.29, 0.717) is 39.4 Å². The molecule has 0 aliphatic carbocycles. The number of hydrogen-bond acceptors (Lipinski definition) is 5. The molecule has 5 rings (SSSR count). The molecule has 1 amide bonds. The number of benzene rings is 2. The molecule has 0 aliphatic heterocycles. The summed E-state index contributed by atoms with van der Waals surface area (Å²) in [4.78, 5) is 21.0. The van der Waals surface area contributed by atoms with Crippen molar-refractivity contribution in [1.82, 2.24) is 9.97 Å². The van der Waals surface area contributed by atoms with Crippen LogP contribution in [0.15, 0.2) is 93.9 Å². The first-order chi connectivity index (χ1) is 15.6. The number of carbonyl (C=O) groups excluding carboxylic acids is 1. The Morgan fingerprint density at radius 2 is 1.81 bits per heavy atom. The van der Waals surface area contributed by atoms with Gasteiger partial charge in [-0.3, -0.25) is 4.79 Å². The number of pyridine rings is 1. The zero-order valence-electron chi connectivity index (χ0n) is 16.7. The van der Waals surface area contributed by atoms with Gasteiger partial charge >= 0.3 is 0 Å². The van der Waals surface area contributed by atoms with Gasteiger partial charge in [0.05, 0.1) is 0 Å². The van der Waals surface area contributed by atoms with Crippen molar-refractivity contribution >= 4 is 40.5 Å². The molecule has 0 aliphatic rings. The summed E-state index contributed by atoms with van der Waals surface area (Å²) < 4.78 is 11.5. The molecule has 0 unspecified atom stereocenters. The smallest absolute Gasteiger partial charge is 0.248 e. The molecule has 0 fully saturated rings. The van der Waals surface area contributed by atoms with Crippen LogP contribution in [0.1, 0.15) is 5.76 Å². The monoisotopic (exact) mass is 441 g/mol. The van der Waals surface area contributed by atoms with E-state index < -0.39 is 0 Å². The van der Waals surface area contributed by atoms with Crippen LogP contribution in [0.25, 0.3) is 40.1 Å². The van der Waals surface area contributed by atoms with Crippen LogP contribution in [0.4, 0.5) is 5.69 Å². The number of nitrogens with zero attached hydrogens (tertiary/aromatic N) is 2. The molecule has 5 aromatic rings. The van der Waals surface area contributed by atoms with E-state index in [0.717, 1.165) is 11.1 Å². The second-order valence-electron chi connectivity index (χ2n) is 6.96. The molecular weight excluding hydrogens is 426 g/mol. The van der Waals surface area contributed by atoms with Gasteiger partial charge in [-0.25, -0.2) is 4.98 Å². The van der Waals surface area contributed by atoms with Gasteiger partial charge < -0.3 is 14.2 Å². The molecule has 3 aromatic heterocycles. The molecule has 3 heterocycles. The van der Waals surface area contributed by atoms with Gasteiger partial charge in [-0.05, 0) is 72.8 Å². The predicted octanol–water partition coefficient (Wildman–Crippen LogP) is 6.46. The molecule has 0 saturated heterocycles. The molecule has 0 radical (unpaired) electrons. The summed E-state index contributed by atoms with van der Waals surface area (Å²) in [5, 5.41) is 3.49. The van der Waals surface area contributed by atoms with Crippen molar-refractivity contribution in [3.63, 3.8) is 0 Å². The molecule has 32 heavy (non-hydrogen) atoms. The van der Waals surface area contributed by atoms with Crippen LogP contribution in [-0.2, 0) is 4.79 Å². The highest BCUT2D eigenvalue weighted by molar-refractivity contribution is 6.30. The first kappa shape index (κ1) is 19.8. The third kappa shape index (κ3) is 4.31. The minimum absolute atomic E-state index is 0.286. The Morgan fingerprint density at radius 1 is 0.938 bits per heavy atom. The second kappa shape index (κ2) is 8.53. The lowest BCUT2D eigenvalue weighted by Gasteiger charge is -2.03. The molecule has 0 atom stereocenters. The summed E-state index contributed by atoms with van der Waals surface area (Å²) >= 11 is 5.92. The Morgan fingerprint density at radius 3 is 2.66 bits per heavy atom. The first-order valence-corrected chi connectivity index (χ1v) is 10.2. The number of anilines is 1. The van der Waals surface area contributed by atoms with Crippen molar-refractivity contribution in [3.8, 4) is 22.8 Å². The second-order valence-corrected chi connectivity index (χ2v) is 7.39. The van der Waals surface area contributed by atoms with Crippen molar-refractivity contribution < 1.29 is 13.6 Å². The van der Waals surface area contributed by atoms with Crippen LogP contribution in [0.2, 0.25) is 5.02 Å². The molecule has 0 saturated carbocycles. The van der Waals surface area contributed by atoms with Gasteiger partial charge in [-0.1, -0.05) is 17.7 Å². The number of halogens is 1. The summed E-state index contributed by atoms with van der Waals surface area (Å²) in [6.45, 7) is 0. The number of fused-ring (bicyclic) bond motifs is 1. The standard InChI is InChI=1S/C25H16ClN3O3/c26-18-8-6-16(7-9-18)21-12-10-20(31-21)11-13-23(30)28-19-4-1-3-17(15-19)25-29-24-22(32-25)5-2-14-27-24/h1-15H,(H,28,30)/b13-11+. The maximum atomic E-state index is 12.4. The van der Waals surface area contributed by atoms with Gasteiger partial charge in [0.15, 0.2) is 11.2 Å². The quantitative estimate of drug-likeness (QED) is 0.317. The lowest BCUT2D eigenvalue weighted by molar-refractivity contribution is -0.111. The third-order valence-electron chi connectivity index (χ3n) is 4.70. The fourth-order valence-corrected chi connectivity index (χ4v) is 3.30. The first-order valence-electron chi connectivity index (χ1n) is 9.81. The summed E-state index contributed by atoms with van der Waals surface area (Å²) in [6, 6.07) is 21.9. The summed E-state index contributed by atoms with van der Waals surface area (Å²) in [6.07, 6.45) is 4.70. The van der Waals surface area contributed by atoms with Crippen molar-refractivity contribution in [1.29, 1.82) is 0 Å². The van der Waals surface area contributed by atoms with E-state index in [2.05, 4.69) is 15.3 Å². The third-order valence-corrected chi connectivity index (χ3v) is 4.95. The number of hydrogen-bond donors (Lipinski definition) is 1. The Bertz CT molecular complexity index is 1400. The molecule has 7 heteroatoms. The molecular formula is C25H16ClN3O3. The summed E-state index contributed by atoms with van der Waals surface area (Å²) in [7, 11) is 0. The predicted molar refractivity (Wildman–Crippen MR) is 124 cm³/mol. The summed E-state index contributed by atoms with van der Waals surface area (Å²) in [5.41, 5.74) is 3.41. The number of oxazole rings is 1. The normalized spacial score (nSPS) is 11.3. The van der Waals surface area contributed by atoms with Crippen molar-refractivity contribution in [3.05, 3.63) is 95.9 Å². The van der Waals surface area contributed by atoms with E-state index in [1.54, 1.807) is 48.7 Å². The highest BCUT2D eigenvalue weighted by Gasteiger charge is 2.10. The Kier molecular flexibility index (Phi) is 5.27. The van der Waals surface area contributed by atoms with E-state index in [1.165, 1.54) is 6.08 Å². The largest absolute Gasteiger partial charge is 0.457 e. The minimum Gasteiger partial charge on any atom is -0.457 e. The average molecular weight is 442 g/mol. The van der Waals surface area contributed by atoms with E-state index in [9.17, 15) is 4.79 Å². The van der Waals surface area contributed by atoms with E-state index >= 15 is 0 Å². The Labute approximate surface area is 188 Å². The van der Waals surface area contributed by atoms with E-state index in [-0.39, 0.29) is 5.91 Å². The zero-order valence-corrected chi connectivity index (χ0v) is 17.4. The van der Waals surface area contributed by atoms with Crippen molar-refractivity contribution in [2.45, 2.75) is 0 Å². The minimum atomic E-state index is -0.286. The maximum absolute atomic E-state index is 12.4. The van der Waals surface area contributed by atoms with Gasteiger partial charge in [-0.15, -0.1) is 0 Å². The van der Waals surface area contributed by atoms with Crippen LogP contribution >= 0.6 is 11.6 Å². The lowest BCUT2D eigenvalue weighted by Crippen LogP contribution is -2.07. The lowest BCUT2D eigenvalue weighted by atomic mass is 10.2. The van der Waals surface area contributed by atoms with Crippen LogP contribution in [0.5, 0.6) is 0 Å². The topological polar surface area (TPSA) is 81.2 Å². The van der Waals surface area contributed by atoms with Crippen molar-refractivity contribution in [2.75, 3.05) is 5.32 Å². The molecule has 0 bridgehead atoms. The number of carbonyl (C=O) groups is 1. The van der Waals surface area contributed by atoms with Gasteiger partial charge in [0.1, 0.15) is 11.5 Å². The van der Waals surface area contributed by atoms with Gasteiger partial charge in [-0.2, -0.15) is 4.98 Å². The van der Waals surface area contributed by atoms with Gasteiger partial charge in [0.2, 0.25) is 11.8 Å². The Balaban J connectivity index is 1.28. The van der Waals surface area contributed by atoms with Crippen LogP contribution in [-0.4, -0.2) is 15.9 Å². The highest BCUT2D eigenvalue weighted by Crippen LogP contribution is 2.26. The van der Waals surface area contributed by atoms with Crippen LogP contribution in [0, 0.1) is 0 Å². The van der Waals surface area contributed by atoms with Crippen molar-refractivity contribution in [2.24, 2.45) is 0 Å². The van der Waals surface area contributed by atoms with E-state index in [4.69, 9.17) is 20.4 Å². The SMILES string of the molecule is O=C(/C=C/c1ccc(-c2ccc(Cl)cc2)o1)Nc1cccc(-c2nc3ncccc3o2)c1. The fraction of sp³-hybridized carbons (Fsp3) is 0. The maximum Gasteiger partial charge on any atom is 0.248 e. The average Bonchev–Trinajstić information content (AvgIpc) is 3.46. The molecule has 2 aromatic carbocycles.